The molecular weight excluding hydrogens is 280 g/mol. The van der Waals surface area contributed by atoms with Crippen molar-refractivity contribution in [1.82, 2.24) is 4.98 Å². The van der Waals surface area contributed by atoms with Gasteiger partial charge in [0.05, 0.1) is 5.69 Å². The predicted octanol–water partition coefficient (Wildman–Crippen LogP) is 5.33. The van der Waals surface area contributed by atoms with Crippen molar-refractivity contribution < 1.29 is 8.78 Å². The molecule has 1 nitrogen and oxygen atoms in total. The van der Waals surface area contributed by atoms with Crippen molar-refractivity contribution in [2.24, 2.45) is 0 Å². The highest BCUT2D eigenvalue weighted by molar-refractivity contribution is 6.08. The first-order chi connectivity index (χ1) is 10.7. The molecular formula is C19H11F2N. The topological polar surface area (TPSA) is 12.9 Å². The van der Waals surface area contributed by atoms with Crippen molar-refractivity contribution in [2.45, 2.75) is 0 Å². The van der Waals surface area contributed by atoms with Crippen molar-refractivity contribution in [1.29, 1.82) is 0 Å². The maximum absolute atomic E-state index is 13.4. The number of fused-ring (bicyclic) bond motifs is 3. The van der Waals surface area contributed by atoms with Crippen LogP contribution in [-0.2, 0) is 0 Å². The van der Waals surface area contributed by atoms with Gasteiger partial charge in [-0.05, 0) is 27.6 Å². The second-order valence-electron chi connectivity index (χ2n) is 5.22. The Hall–Kier alpha value is -2.81. The van der Waals surface area contributed by atoms with Crippen molar-refractivity contribution >= 4 is 21.5 Å². The molecule has 1 heterocycles. The molecule has 0 saturated carbocycles. The summed E-state index contributed by atoms with van der Waals surface area (Å²) in [5, 5.41) is 4.37. The first-order valence-corrected chi connectivity index (χ1v) is 6.96. The van der Waals surface area contributed by atoms with E-state index in [0.29, 0.717) is 11.3 Å². The number of benzene rings is 3. The van der Waals surface area contributed by atoms with Crippen LogP contribution in [0.15, 0.2) is 66.7 Å². The Balaban J connectivity index is 2.01. The molecule has 106 valence electrons. The van der Waals surface area contributed by atoms with E-state index in [1.165, 1.54) is 6.07 Å². The molecule has 0 unspecified atom stereocenters. The van der Waals surface area contributed by atoms with Gasteiger partial charge in [-0.1, -0.05) is 48.5 Å². The molecule has 3 aromatic carbocycles. The lowest BCUT2D eigenvalue weighted by molar-refractivity contribution is 0.554. The Morgan fingerprint density at radius 2 is 1.41 bits per heavy atom. The maximum Gasteiger partial charge on any atom is 0.216 e. The Bertz CT molecular complexity index is 988. The zero-order valence-corrected chi connectivity index (χ0v) is 11.6. The largest absolute Gasteiger partial charge is 0.220 e. The van der Waals surface area contributed by atoms with Crippen LogP contribution in [0.3, 0.4) is 0 Å². The number of hydrogen-bond acceptors (Lipinski definition) is 1. The fourth-order valence-electron chi connectivity index (χ4n) is 2.77. The zero-order valence-electron chi connectivity index (χ0n) is 11.6. The maximum atomic E-state index is 13.4. The van der Waals surface area contributed by atoms with Gasteiger partial charge < -0.3 is 0 Å². The molecule has 0 amide bonds. The minimum Gasteiger partial charge on any atom is -0.220 e. The van der Waals surface area contributed by atoms with Gasteiger partial charge in [0, 0.05) is 17.7 Å². The molecule has 0 radical (unpaired) electrons. The van der Waals surface area contributed by atoms with Gasteiger partial charge in [-0.25, -0.2) is 9.37 Å². The number of hydrogen-bond donors (Lipinski definition) is 0. The molecule has 4 rings (SSSR count). The van der Waals surface area contributed by atoms with E-state index in [1.54, 1.807) is 0 Å². The number of nitrogens with zero attached hydrogens (tertiary/aromatic N) is 1. The summed E-state index contributed by atoms with van der Waals surface area (Å²) in [4.78, 5) is 3.78. The Morgan fingerprint density at radius 1 is 0.682 bits per heavy atom. The summed E-state index contributed by atoms with van der Waals surface area (Å²) in [6.07, 6.45) is 0. The molecule has 0 atom stereocenters. The van der Waals surface area contributed by atoms with E-state index in [4.69, 9.17) is 0 Å². The van der Waals surface area contributed by atoms with Crippen LogP contribution >= 0.6 is 0 Å². The minimum atomic E-state index is -0.812. The smallest absolute Gasteiger partial charge is 0.216 e. The summed E-state index contributed by atoms with van der Waals surface area (Å²) in [6, 6.07) is 19.9. The SMILES string of the molecule is Fc1cc(F)nc(-c2ccc3ccc4ccccc4c3c2)c1. The number of rotatable bonds is 1. The fourth-order valence-corrected chi connectivity index (χ4v) is 2.77. The van der Waals surface area contributed by atoms with Crippen LogP contribution in [0.4, 0.5) is 8.78 Å². The summed E-state index contributed by atoms with van der Waals surface area (Å²) in [5.74, 6) is -1.44. The molecule has 0 bridgehead atoms. The van der Waals surface area contributed by atoms with E-state index in [-0.39, 0.29) is 0 Å². The molecule has 0 aliphatic rings. The first kappa shape index (κ1) is 12.9. The zero-order chi connectivity index (χ0) is 15.1. The van der Waals surface area contributed by atoms with Crippen LogP contribution in [-0.4, -0.2) is 4.98 Å². The Kier molecular flexibility index (Phi) is 2.86. The normalized spacial score (nSPS) is 11.2. The van der Waals surface area contributed by atoms with Crippen molar-refractivity contribution in [2.75, 3.05) is 0 Å². The quantitative estimate of drug-likeness (QED) is 0.341. The minimum absolute atomic E-state index is 0.298. The van der Waals surface area contributed by atoms with Gasteiger partial charge in [-0.2, -0.15) is 4.39 Å². The third-order valence-electron chi connectivity index (χ3n) is 3.80. The molecule has 0 aliphatic heterocycles. The molecule has 1 aromatic heterocycles. The van der Waals surface area contributed by atoms with Crippen LogP contribution < -0.4 is 0 Å². The second-order valence-corrected chi connectivity index (χ2v) is 5.22. The summed E-state index contributed by atoms with van der Waals surface area (Å²) < 4.78 is 26.7. The second kappa shape index (κ2) is 4.88. The van der Waals surface area contributed by atoms with Gasteiger partial charge in [0.25, 0.3) is 0 Å². The third-order valence-corrected chi connectivity index (χ3v) is 3.80. The number of pyridine rings is 1. The van der Waals surface area contributed by atoms with Gasteiger partial charge in [0.1, 0.15) is 5.82 Å². The predicted molar refractivity (Wildman–Crippen MR) is 84.6 cm³/mol. The van der Waals surface area contributed by atoms with E-state index >= 15 is 0 Å². The van der Waals surface area contributed by atoms with Crippen LogP contribution in [0.25, 0.3) is 32.8 Å². The lowest BCUT2D eigenvalue weighted by Crippen LogP contribution is -1.90. The lowest BCUT2D eigenvalue weighted by Gasteiger charge is -2.07. The average molecular weight is 291 g/mol. The monoisotopic (exact) mass is 291 g/mol. The Labute approximate surface area is 125 Å². The van der Waals surface area contributed by atoms with Crippen molar-refractivity contribution in [3.05, 3.63) is 78.5 Å². The number of aromatic nitrogens is 1. The van der Waals surface area contributed by atoms with Gasteiger partial charge in [0.2, 0.25) is 5.95 Å². The molecule has 0 saturated heterocycles. The van der Waals surface area contributed by atoms with Gasteiger partial charge in [-0.15, -0.1) is 0 Å². The Morgan fingerprint density at radius 3 is 2.23 bits per heavy atom. The average Bonchev–Trinajstić information content (AvgIpc) is 2.53. The van der Waals surface area contributed by atoms with E-state index in [2.05, 4.69) is 11.1 Å². The van der Waals surface area contributed by atoms with Crippen LogP contribution in [0, 0.1) is 11.8 Å². The molecule has 0 fully saturated rings. The van der Waals surface area contributed by atoms with E-state index in [0.717, 1.165) is 27.6 Å². The molecule has 0 aliphatic carbocycles. The van der Waals surface area contributed by atoms with E-state index in [1.807, 2.05) is 48.5 Å². The molecule has 0 spiro atoms. The third kappa shape index (κ3) is 2.11. The molecule has 22 heavy (non-hydrogen) atoms. The molecule has 0 N–H and O–H groups in total. The summed E-state index contributed by atoms with van der Waals surface area (Å²) >= 11 is 0. The van der Waals surface area contributed by atoms with Gasteiger partial charge in [0.15, 0.2) is 0 Å². The molecule has 4 aromatic rings. The number of halogens is 2. The fraction of sp³-hybridized carbons (Fsp3) is 0. The van der Waals surface area contributed by atoms with Crippen LogP contribution in [0.2, 0.25) is 0 Å². The first-order valence-electron chi connectivity index (χ1n) is 6.96. The van der Waals surface area contributed by atoms with Crippen molar-refractivity contribution in [3.63, 3.8) is 0 Å². The lowest BCUT2D eigenvalue weighted by atomic mass is 9.99. The highest BCUT2D eigenvalue weighted by Gasteiger charge is 2.07. The summed E-state index contributed by atoms with van der Waals surface area (Å²) in [6.45, 7) is 0. The standard InChI is InChI=1S/C19H11F2N/c20-15-10-18(22-19(21)11-15)14-8-7-13-6-5-12-3-1-2-4-16(12)17(13)9-14/h1-11H. The van der Waals surface area contributed by atoms with Gasteiger partial charge in [-0.3, -0.25) is 0 Å². The van der Waals surface area contributed by atoms with Crippen LogP contribution in [0.1, 0.15) is 0 Å². The van der Waals surface area contributed by atoms with Gasteiger partial charge >= 0.3 is 0 Å². The van der Waals surface area contributed by atoms with Crippen molar-refractivity contribution in [3.8, 4) is 11.3 Å². The van der Waals surface area contributed by atoms with Crippen LogP contribution in [0.5, 0.6) is 0 Å². The summed E-state index contributed by atoms with van der Waals surface area (Å²) in [7, 11) is 0. The van der Waals surface area contributed by atoms with E-state index < -0.39 is 11.8 Å². The molecule has 3 heteroatoms. The summed E-state index contributed by atoms with van der Waals surface area (Å²) in [5.41, 5.74) is 0.995. The highest BCUT2D eigenvalue weighted by atomic mass is 19.1. The van der Waals surface area contributed by atoms with E-state index in [9.17, 15) is 8.78 Å². The highest BCUT2D eigenvalue weighted by Crippen LogP contribution is 2.29.